The molecule has 1 saturated heterocycles. The van der Waals surface area contributed by atoms with Crippen LogP contribution in [0.3, 0.4) is 0 Å². The molecule has 2 heterocycles. The maximum atomic E-state index is 12.5. The van der Waals surface area contributed by atoms with Gasteiger partial charge in [0.15, 0.2) is 0 Å². The number of anilines is 2. The van der Waals surface area contributed by atoms with Gasteiger partial charge in [-0.05, 0) is 46.8 Å². The van der Waals surface area contributed by atoms with E-state index in [-0.39, 0.29) is 24.2 Å². The lowest BCUT2D eigenvalue weighted by Gasteiger charge is -2.16. The lowest BCUT2D eigenvalue weighted by Crippen LogP contribution is -2.28. The molecule has 3 aromatic rings. The molecule has 0 radical (unpaired) electrons. The zero-order chi connectivity index (χ0) is 17.9. The summed E-state index contributed by atoms with van der Waals surface area (Å²) in [4.78, 5) is 26.4. The van der Waals surface area contributed by atoms with Gasteiger partial charge in [0, 0.05) is 24.3 Å². The van der Waals surface area contributed by atoms with E-state index in [0.717, 1.165) is 11.4 Å². The van der Waals surface area contributed by atoms with Gasteiger partial charge in [0.1, 0.15) is 6.33 Å². The van der Waals surface area contributed by atoms with Gasteiger partial charge in [0.2, 0.25) is 11.8 Å². The third kappa shape index (κ3) is 3.16. The predicted molar refractivity (Wildman–Crippen MR) is 94.7 cm³/mol. The van der Waals surface area contributed by atoms with Crippen LogP contribution in [-0.2, 0) is 9.59 Å². The van der Waals surface area contributed by atoms with E-state index >= 15 is 0 Å². The Balaban J connectivity index is 1.41. The molecule has 1 N–H and O–H groups in total. The fourth-order valence-corrected chi connectivity index (χ4v) is 2.96. The zero-order valence-corrected chi connectivity index (χ0v) is 13.8. The number of amides is 2. The first-order chi connectivity index (χ1) is 12.7. The Kier molecular flexibility index (Phi) is 4.14. The number of tetrazole rings is 1. The van der Waals surface area contributed by atoms with E-state index in [9.17, 15) is 9.59 Å². The SMILES string of the molecule is O=C(Nc1ccc(-n2cnnn2)cc1)[C@H]1CC(=O)N(c2ccccc2)C1. The summed E-state index contributed by atoms with van der Waals surface area (Å²) in [5, 5.41) is 13.9. The van der Waals surface area contributed by atoms with Crippen LogP contribution in [0.4, 0.5) is 11.4 Å². The summed E-state index contributed by atoms with van der Waals surface area (Å²) in [6.45, 7) is 0.386. The Morgan fingerprint density at radius 1 is 1.04 bits per heavy atom. The molecule has 4 rings (SSSR count). The highest BCUT2D eigenvalue weighted by molar-refractivity contribution is 6.03. The maximum absolute atomic E-state index is 12.5. The number of nitrogens with one attached hydrogen (secondary N) is 1. The van der Waals surface area contributed by atoms with E-state index in [1.807, 2.05) is 42.5 Å². The van der Waals surface area contributed by atoms with E-state index in [1.165, 1.54) is 11.0 Å². The number of para-hydroxylation sites is 1. The summed E-state index contributed by atoms with van der Waals surface area (Å²) in [6.07, 6.45) is 1.71. The van der Waals surface area contributed by atoms with Crippen molar-refractivity contribution in [3.63, 3.8) is 0 Å². The smallest absolute Gasteiger partial charge is 0.229 e. The number of hydrogen-bond acceptors (Lipinski definition) is 5. The second-order valence-electron chi connectivity index (χ2n) is 6.03. The van der Waals surface area contributed by atoms with Gasteiger partial charge in [-0.3, -0.25) is 9.59 Å². The lowest BCUT2D eigenvalue weighted by molar-refractivity contribution is -0.122. The lowest BCUT2D eigenvalue weighted by atomic mass is 10.1. The van der Waals surface area contributed by atoms with Gasteiger partial charge >= 0.3 is 0 Å². The largest absolute Gasteiger partial charge is 0.326 e. The van der Waals surface area contributed by atoms with Gasteiger partial charge in [0.05, 0.1) is 11.6 Å². The molecule has 1 aliphatic heterocycles. The number of aromatic nitrogens is 4. The Bertz CT molecular complexity index is 909. The van der Waals surface area contributed by atoms with Crippen LogP contribution in [0.15, 0.2) is 60.9 Å². The highest BCUT2D eigenvalue weighted by Gasteiger charge is 2.35. The fourth-order valence-electron chi connectivity index (χ4n) is 2.96. The Morgan fingerprint density at radius 2 is 1.81 bits per heavy atom. The standard InChI is InChI=1S/C18H16N6O2/c25-17-10-13(11-23(17)15-4-2-1-3-5-15)18(26)20-14-6-8-16(9-7-14)24-12-19-21-22-24/h1-9,12-13H,10-11H2,(H,20,26)/t13-/m0/s1. The monoisotopic (exact) mass is 348 g/mol. The van der Waals surface area contributed by atoms with E-state index in [4.69, 9.17) is 0 Å². The van der Waals surface area contributed by atoms with Crippen LogP contribution in [0.5, 0.6) is 0 Å². The third-order valence-corrected chi connectivity index (χ3v) is 4.31. The van der Waals surface area contributed by atoms with Gasteiger partial charge in [-0.25, -0.2) is 4.68 Å². The highest BCUT2D eigenvalue weighted by Crippen LogP contribution is 2.26. The third-order valence-electron chi connectivity index (χ3n) is 4.31. The molecule has 130 valence electrons. The summed E-state index contributed by atoms with van der Waals surface area (Å²) >= 11 is 0. The molecule has 1 atom stereocenters. The molecular weight excluding hydrogens is 332 g/mol. The van der Waals surface area contributed by atoms with Gasteiger partial charge in [-0.2, -0.15) is 0 Å². The second-order valence-corrected chi connectivity index (χ2v) is 6.03. The van der Waals surface area contributed by atoms with Crippen molar-refractivity contribution in [2.75, 3.05) is 16.8 Å². The molecule has 1 aliphatic rings. The van der Waals surface area contributed by atoms with Crippen LogP contribution in [0.1, 0.15) is 6.42 Å². The number of benzene rings is 2. The minimum atomic E-state index is -0.373. The van der Waals surface area contributed by atoms with Crippen LogP contribution < -0.4 is 10.2 Å². The summed E-state index contributed by atoms with van der Waals surface area (Å²) in [7, 11) is 0. The van der Waals surface area contributed by atoms with Gasteiger partial charge in [-0.15, -0.1) is 5.10 Å². The van der Waals surface area contributed by atoms with Crippen molar-refractivity contribution in [2.24, 2.45) is 5.92 Å². The van der Waals surface area contributed by atoms with E-state index in [2.05, 4.69) is 20.8 Å². The number of hydrogen-bond donors (Lipinski definition) is 1. The Labute approximate surface area is 149 Å². The number of carbonyl (C=O) groups excluding carboxylic acids is 2. The molecule has 0 saturated carbocycles. The molecule has 26 heavy (non-hydrogen) atoms. The average Bonchev–Trinajstić information content (AvgIpc) is 3.33. The summed E-state index contributed by atoms with van der Waals surface area (Å²) in [6, 6.07) is 16.6. The molecule has 0 bridgehead atoms. The summed E-state index contributed by atoms with van der Waals surface area (Å²) < 4.78 is 1.53. The van der Waals surface area contributed by atoms with E-state index in [1.54, 1.807) is 17.0 Å². The number of carbonyl (C=O) groups is 2. The summed E-state index contributed by atoms with van der Waals surface area (Å²) in [5.41, 5.74) is 2.27. The number of nitrogens with zero attached hydrogens (tertiary/aromatic N) is 5. The fraction of sp³-hybridized carbons (Fsp3) is 0.167. The molecule has 0 aliphatic carbocycles. The molecule has 2 aromatic carbocycles. The molecular formula is C18H16N6O2. The van der Waals surface area contributed by atoms with Gasteiger partial charge in [-0.1, -0.05) is 18.2 Å². The van der Waals surface area contributed by atoms with Crippen molar-refractivity contribution in [1.29, 1.82) is 0 Å². The highest BCUT2D eigenvalue weighted by atomic mass is 16.2. The molecule has 1 fully saturated rings. The topological polar surface area (TPSA) is 93.0 Å². The van der Waals surface area contributed by atoms with Crippen LogP contribution in [-0.4, -0.2) is 38.6 Å². The first kappa shape index (κ1) is 15.9. The van der Waals surface area contributed by atoms with Crippen molar-refractivity contribution in [1.82, 2.24) is 20.2 Å². The maximum Gasteiger partial charge on any atom is 0.229 e. The first-order valence-electron chi connectivity index (χ1n) is 8.20. The van der Waals surface area contributed by atoms with Crippen LogP contribution in [0.2, 0.25) is 0 Å². The van der Waals surface area contributed by atoms with E-state index < -0.39 is 0 Å². The number of rotatable bonds is 4. The molecule has 1 aromatic heterocycles. The summed E-state index contributed by atoms with van der Waals surface area (Å²) in [5.74, 6) is -0.570. The first-order valence-corrected chi connectivity index (χ1v) is 8.20. The van der Waals surface area contributed by atoms with Crippen molar-refractivity contribution in [3.05, 3.63) is 60.9 Å². The molecule has 0 unspecified atom stereocenters. The quantitative estimate of drug-likeness (QED) is 0.774. The normalized spacial score (nSPS) is 16.7. The Hall–Kier alpha value is -3.55. The van der Waals surface area contributed by atoms with Crippen LogP contribution >= 0.6 is 0 Å². The second kappa shape index (κ2) is 6.75. The minimum absolute atomic E-state index is 0.0367. The van der Waals surface area contributed by atoms with Crippen molar-refractivity contribution >= 4 is 23.2 Å². The van der Waals surface area contributed by atoms with Crippen LogP contribution in [0.25, 0.3) is 5.69 Å². The molecule has 8 nitrogen and oxygen atoms in total. The van der Waals surface area contributed by atoms with Gasteiger partial charge < -0.3 is 10.2 Å². The van der Waals surface area contributed by atoms with Crippen molar-refractivity contribution in [2.45, 2.75) is 6.42 Å². The average molecular weight is 348 g/mol. The molecule has 0 spiro atoms. The predicted octanol–water partition coefficient (Wildman–Crippen LogP) is 1.65. The van der Waals surface area contributed by atoms with Crippen molar-refractivity contribution in [3.8, 4) is 5.69 Å². The van der Waals surface area contributed by atoms with Crippen molar-refractivity contribution < 1.29 is 9.59 Å². The minimum Gasteiger partial charge on any atom is -0.326 e. The molecule has 2 amide bonds. The van der Waals surface area contributed by atoms with Crippen LogP contribution in [0, 0.1) is 5.92 Å². The zero-order valence-electron chi connectivity index (χ0n) is 13.8. The Morgan fingerprint density at radius 3 is 2.50 bits per heavy atom. The van der Waals surface area contributed by atoms with E-state index in [0.29, 0.717) is 12.2 Å². The van der Waals surface area contributed by atoms with Gasteiger partial charge in [0.25, 0.3) is 0 Å². The molecule has 8 heteroatoms.